The van der Waals surface area contributed by atoms with Crippen LogP contribution in [0.3, 0.4) is 0 Å². The Kier molecular flexibility index (Phi) is 4.53. The second-order valence-corrected chi connectivity index (χ2v) is 4.75. The van der Waals surface area contributed by atoms with Crippen molar-refractivity contribution in [1.29, 1.82) is 0 Å². The summed E-state index contributed by atoms with van der Waals surface area (Å²) in [5.41, 5.74) is 1.27. The molecule has 1 N–H and O–H groups in total. The van der Waals surface area contributed by atoms with E-state index in [-0.39, 0.29) is 6.54 Å². The first-order chi connectivity index (χ1) is 10.6. The van der Waals surface area contributed by atoms with Crippen LogP contribution in [0.25, 0.3) is 0 Å². The van der Waals surface area contributed by atoms with Crippen LogP contribution in [-0.4, -0.2) is 28.0 Å². The van der Waals surface area contributed by atoms with Crippen LogP contribution in [0.5, 0.6) is 0 Å². The molecule has 0 amide bonds. The van der Waals surface area contributed by atoms with Crippen molar-refractivity contribution in [1.82, 2.24) is 14.8 Å². The van der Waals surface area contributed by atoms with E-state index in [0.717, 1.165) is 5.69 Å². The Labute approximate surface area is 127 Å². The lowest BCUT2D eigenvalue weighted by atomic mass is 10.2. The van der Waals surface area contributed by atoms with E-state index >= 15 is 0 Å². The Hall–Kier alpha value is -2.26. The van der Waals surface area contributed by atoms with Gasteiger partial charge in [0.15, 0.2) is 0 Å². The third-order valence-corrected chi connectivity index (χ3v) is 2.94. The number of aromatic nitrogens is 3. The van der Waals surface area contributed by atoms with Crippen LogP contribution in [-0.2, 0) is 19.1 Å². The Morgan fingerprint density at radius 3 is 2.13 bits per heavy atom. The first-order valence-electron chi connectivity index (χ1n) is 6.43. The Morgan fingerprint density at radius 2 is 1.65 bits per heavy atom. The van der Waals surface area contributed by atoms with Crippen molar-refractivity contribution in [3.05, 3.63) is 41.5 Å². The van der Waals surface area contributed by atoms with Gasteiger partial charge in [-0.05, 0) is 17.7 Å². The number of halogens is 6. The highest BCUT2D eigenvalue weighted by molar-refractivity contribution is 5.43. The maximum absolute atomic E-state index is 12.6. The molecule has 0 aliphatic carbocycles. The molecule has 1 heterocycles. The lowest BCUT2D eigenvalue weighted by Crippen LogP contribution is -2.17. The van der Waals surface area contributed by atoms with Gasteiger partial charge in [0, 0.05) is 12.7 Å². The standard InChI is InChI=1S/C13H12F6N4/c1-20-9-4-2-8(3-5-9)7-23-10(6-12(14,15)16)21-11(22-23)13(17,18)19/h2-5,20H,6-7H2,1H3. The van der Waals surface area contributed by atoms with Crippen molar-refractivity contribution in [3.63, 3.8) is 0 Å². The highest BCUT2D eigenvalue weighted by atomic mass is 19.4. The van der Waals surface area contributed by atoms with E-state index in [1.165, 1.54) is 0 Å². The summed E-state index contributed by atoms with van der Waals surface area (Å²) < 4.78 is 76.0. The molecule has 0 fully saturated rings. The zero-order chi connectivity index (χ0) is 17.3. The van der Waals surface area contributed by atoms with E-state index in [4.69, 9.17) is 0 Å². The number of anilines is 1. The predicted octanol–water partition coefficient (Wildman–Crippen LogP) is 3.49. The van der Waals surface area contributed by atoms with Crippen LogP contribution in [0.15, 0.2) is 24.3 Å². The minimum absolute atomic E-state index is 0.238. The van der Waals surface area contributed by atoms with Gasteiger partial charge in [0.05, 0.1) is 6.54 Å². The predicted molar refractivity (Wildman–Crippen MR) is 69.9 cm³/mol. The van der Waals surface area contributed by atoms with Gasteiger partial charge in [-0.25, -0.2) is 9.67 Å². The summed E-state index contributed by atoms with van der Waals surface area (Å²) in [6.07, 6.45) is -11.2. The molecule has 0 atom stereocenters. The molecule has 2 rings (SSSR count). The third-order valence-electron chi connectivity index (χ3n) is 2.94. The summed E-state index contributed by atoms with van der Waals surface area (Å²) in [6, 6.07) is 6.47. The number of rotatable bonds is 4. The van der Waals surface area contributed by atoms with Crippen LogP contribution in [0.2, 0.25) is 0 Å². The molecule has 0 spiro atoms. The Morgan fingerprint density at radius 1 is 1.04 bits per heavy atom. The number of hydrogen-bond donors (Lipinski definition) is 1. The quantitative estimate of drug-likeness (QED) is 0.868. The van der Waals surface area contributed by atoms with Crippen molar-refractivity contribution in [2.45, 2.75) is 25.3 Å². The lowest BCUT2D eigenvalue weighted by molar-refractivity contribution is -0.145. The summed E-state index contributed by atoms with van der Waals surface area (Å²) in [6.45, 7) is -0.238. The van der Waals surface area contributed by atoms with E-state index in [2.05, 4.69) is 15.4 Å². The molecule has 4 nitrogen and oxygen atoms in total. The molecule has 0 saturated heterocycles. The van der Waals surface area contributed by atoms with Crippen LogP contribution in [0.1, 0.15) is 17.2 Å². The lowest BCUT2D eigenvalue weighted by Gasteiger charge is -2.09. The summed E-state index contributed by atoms with van der Waals surface area (Å²) >= 11 is 0. The molecule has 0 radical (unpaired) electrons. The monoisotopic (exact) mass is 338 g/mol. The van der Waals surface area contributed by atoms with Crippen LogP contribution < -0.4 is 5.32 Å². The average molecular weight is 338 g/mol. The van der Waals surface area contributed by atoms with Gasteiger partial charge in [0.2, 0.25) is 0 Å². The number of hydrogen-bond acceptors (Lipinski definition) is 3. The fourth-order valence-electron chi connectivity index (χ4n) is 1.88. The smallest absolute Gasteiger partial charge is 0.388 e. The molecule has 10 heteroatoms. The molecule has 0 saturated carbocycles. The van der Waals surface area contributed by atoms with Crippen LogP contribution >= 0.6 is 0 Å². The first-order valence-corrected chi connectivity index (χ1v) is 6.43. The van der Waals surface area contributed by atoms with Gasteiger partial charge in [-0.2, -0.15) is 26.3 Å². The van der Waals surface area contributed by atoms with Gasteiger partial charge < -0.3 is 5.32 Å². The average Bonchev–Trinajstić information content (AvgIpc) is 2.80. The fourth-order valence-corrected chi connectivity index (χ4v) is 1.88. The summed E-state index contributed by atoms with van der Waals surface area (Å²) in [4.78, 5) is 2.99. The molecular formula is C13H12F6N4. The largest absolute Gasteiger partial charge is 0.453 e. The van der Waals surface area contributed by atoms with Crippen molar-refractivity contribution < 1.29 is 26.3 Å². The number of benzene rings is 1. The minimum atomic E-state index is -4.90. The molecule has 0 aliphatic heterocycles. The Bertz CT molecular complexity index is 657. The van der Waals surface area contributed by atoms with E-state index < -0.39 is 30.4 Å². The number of nitrogens with zero attached hydrogens (tertiary/aromatic N) is 3. The number of alkyl halides is 6. The van der Waals surface area contributed by atoms with Crippen LogP contribution in [0, 0.1) is 0 Å². The van der Waals surface area contributed by atoms with Gasteiger partial charge in [0.25, 0.3) is 5.82 Å². The molecule has 0 unspecified atom stereocenters. The minimum Gasteiger partial charge on any atom is -0.388 e. The number of nitrogens with one attached hydrogen (secondary N) is 1. The van der Waals surface area contributed by atoms with Crippen molar-refractivity contribution in [2.75, 3.05) is 12.4 Å². The van der Waals surface area contributed by atoms with Gasteiger partial charge >= 0.3 is 12.4 Å². The summed E-state index contributed by atoms with van der Waals surface area (Å²) in [7, 11) is 1.68. The maximum atomic E-state index is 12.6. The van der Waals surface area contributed by atoms with E-state index in [9.17, 15) is 26.3 Å². The van der Waals surface area contributed by atoms with Gasteiger partial charge in [-0.15, -0.1) is 5.10 Å². The molecule has 0 bridgehead atoms. The second kappa shape index (κ2) is 6.09. The van der Waals surface area contributed by atoms with E-state index in [0.29, 0.717) is 10.2 Å². The van der Waals surface area contributed by atoms with Crippen molar-refractivity contribution in [2.24, 2.45) is 0 Å². The molecule has 1 aromatic heterocycles. The van der Waals surface area contributed by atoms with Crippen molar-refractivity contribution in [3.8, 4) is 0 Å². The highest BCUT2D eigenvalue weighted by Crippen LogP contribution is 2.28. The SMILES string of the molecule is CNc1ccc(Cn2nc(C(F)(F)F)nc2CC(F)(F)F)cc1. The van der Waals surface area contributed by atoms with Gasteiger partial charge in [-0.3, -0.25) is 0 Å². The molecule has 0 aliphatic rings. The highest BCUT2D eigenvalue weighted by Gasteiger charge is 2.39. The molecule has 2 aromatic rings. The first kappa shape index (κ1) is 17.1. The normalized spacial score (nSPS) is 12.5. The Balaban J connectivity index is 2.32. The van der Waals surface area contributed by atoms with Gasteiger partial charge in [-0.1, -0.05) is 12.1 Å². The fraction of sp³-hybridized carbons (Fsp3) is 0.385. The topological polar surface area (TPSA) is 42.7 Å². The zero-order valence-corrected chi connectivity index (χ0v) is 11.8. The second-order valence-electron chi connectivity index (χ2n) is 4.75. The molecular weight excluding hydrogens is 326 g/mol. The van der Waals surface area contributed by atoms with Crippen LogP contribution in [0.4, 0.5) is 32.0 Å². The molecule has 23 heavy (non-hydrogen) atoms. The third kappa shape index (κ3) is 4.60. The van der Waals surface area contributed by atoms with Crippen molar-refractivity contribution >= 4 is 5.69 Å². The summed E-state index contributed by atoms with van der Waals surface area (Å²) in [5.74, 6) is -2.36. The van der Waals surface area contributed by atoms with E-state index in [1.54, 1.807) is 31.3 Å². The summed E-state index contributed by atoms with van der Waals surface area (Å²) in [5, 5.41) is 6.02. The molecule has 1 aromatic carbocycles. The zero-order valence-electron chi connectivity index (χ0n) is 11.8. The molecule has 126 valence electrons. The maximum Gasteiger partial charge on any atom is 0.453 e. The van der Waals surface area contributed by atoms with Gasteiger partial charge in [0.1, 0.15) is 12.2 Å². The van der Waals surface area contributed by atoms with E-state index in [1.807, 2.05) is 0 Å².